The molecule has 0 aliphatic rings. The zero-order chi connectivity index (χ0) is 25.0. The van der Waals surface area contributed by atoms with Crippen molar-refractivity contribution in [2.24, 2.45) is 0 Å². The quantitative estimate of drug-likeness (QED) is 0.379. The van der Waals surface area contributed by atoms with Crippen LogP contribution in [0.25, 0.3) is 0 Å². The van der Waals surface area contributed by atoms with Crippen LogP contribution in [0.4, 0.5) is 0 Å². The Hall–Kier alpha value is -3.55. The number of methoxy groups -OCH3 is 2. The predicted octanol–water partition coefficient (Wildman–Crippen LogP) is 4.26. The second-order valence-corrected chi connectivity index (χ2v) is 8.09. The molecule has 0 unspecified atom stereocenters. The van der Waals surface area contributed by atoms with Gasteiger partial charge in [-0.3, -0.25) is 9.59 Å². The third kappa shape index (κ3) is 7.47. The third-order valence-electron chi connectivity index (χ3n) is 5.30. The van der Waals surface area contributed by atoms with E-state index in [1.165, 1.54) is 4.90 Å². The van der Waals surface area contributed by atoms with Gasteiger partial charge in [0.25, 0.3) is 5.91 Å². The molecule has 3 aromatic rings. The van der Waals surface area contributed by atoms with E-state index >= 15 is 0 Å². The molecule has 3 aromatic carbocycles. The molecular formula is C27H29ClN2O5. The number of para-hydroxylation sites is 1. The van der Waals surface area contributed by atoms with Crippen LogP contribution < -0.4 is 14.8 Å². The fourth-order valence-electron chi connectivity index (χ4n) is 3.52. The maximum Gasteiger partial charge on any atom is 0.261 e. The Morgan fingerprint density at radius 2 is 1.63 bits per heavy atom. The van der Waals surface area contributed by atoms with Crippen molar-refractivity contribution in [2.75, 3.05) is 34.0 Å². The standard InChI is InChI=1S/C27H29ClN2O5/c1-33-17-16-29-27(32)26(21-8-4-3-5-9-21)30(18-20-12-14-22(34-2)15-13-20)25(31)19-35-24-11-7-6-10-23(24)28/h3-15,26H,16-19H2,1-2H3,(H,29,32)/t26-/m0/s1. The highest BCUT2D eigenvalue weighted by Crippen LogP contribution is 2.26. The van der Waals surface area contributed by atoms with Crippen LogP contribution in [0.1, 0.15) is 17.2 Å². The van der Waals surface area contributed by atoms with Gasteiger partial charge in [0.05, 0.1) is 18.7 Å². The smallest absolute Gasteiger partial charge is 0.261 e. The highest BCUT2D eigenvalue weighted by Gasteiger charge is 2.31. The van der Waals surface area contributed by atoms with E-state index in [0.717, 1.165) is 5.56 Å². The van der Waals surface area contributed by atoms with E-state index in [4.69, 9.17) is 25.8 Å². The Kier molecular flexibility index (Phi) is 9.95. The lowest BCUT2D eigenvalue weighted by atomic mass is 10.0. The molecule has 0 saturated carbocycles. The molecule has 0 bridgehead atoms. The van der Waals surface area contributed by atoms with Crippen molar-refractivity contribution in [1.82, 2.24) is 10.2 Å². The van der Waals surface area contributed by atoms with Crippen LogP contribution in [0.5, 0.6) is 11.5 Å². The first-order chi connectivity index (χ1) is 17.0. The molecule has 0 fully saturated rings. The van der Waals surface area contributed by atoms with Gasteiger partial charge >= 0.3 is 0 Å². The molecule has 35 heavy (non-hydrogen) atoms. The van der Waals surface area contributed by atoms with Gasteiger partial charge in [-0.15, -0.1) is 0 Å². The minimum atomic E-state index is -0.877. The topological polar surface area (TPSA) is 77.1 Å². The number of nitrogens with one attached hydrogen (secondary N) is 1. The largest absolute Gasteiger partial charge is 0.497 e. The first kappa shape index (κ1) is 26.1. The van der Waals surface area contributed by atoms with Crippen molar-refractivity contribution in [3.8, 4) is 11.5 Å². The minimum Gasteiger partial charge on any atom is -0.497 e. The van der Waals surface area contributed by atoms with Crippen molar-refractivity contribution < 1.29 is 23.8 Å². The van der Waals surface area contributed by atoms with E-state index in [1.54, 1.807) is 38.5 Å². The number of nitrogens with zero attached hydrogens (tertiary/aromatic N) is 1. The molecule has 184 valence electrons. The molecule has 0 spiro atoms. The summed E-state index contributed by atoms with van der Waals surface area (Å²) in [5.74, 6) is 0.419. The van der Waals surface area contributed by atoms with E-state index < -0.39 is 6.04 Å². The molecule has 0 aliphatic carbocycles. The number of rotatable bonds is 12. The summed E-state index contributed by atoms with van der Waals surface area (Å²) in [7, 11) is 3.15. The van der Waals surface area contributed by atoms with E-state index in [-0.39, 0.29) is 25.0 Å². The Morgan fingerprint density at radius 3 is 2.29 bits per heavy atom. The maximum absolute atomic E-state index is 13.5. The third-order valence-corrected chi connectivity index (χ3v) is 5.61. The van der Waals surface area contributed by atoms with Gasteiger partial charge in [0, 0.05) is 20.2 Å². The molecule has 1 atom stereocenters. The fraction of sp³-hybridized carbons (Fsp3) is 0.259. The SMILES string of the molecule is COCCNC(=O)[C@H](c1ccccc1)N(Cc1ccc(OC)cc1)C(=O)COc1ccccc1Cl. The average molecular weight is 497 g/mol. The normalized spacial score (nSPS) is 11.4. The predicted molar refractivity (Wildman–Crippen MR) is 135 cm³/mol. The van der Waals surface area contributed by atoms with E-state index in [1.807, 2.05) is 54.6 Å². The molecule has 0 aliphatic heterocycles. The minimum absolute atomic E-state index is 0.186. The van der Waals surface area contributed by atoms with Crippen molar-refractivity contribution >= 4 is 23.4 Å². The number of benzene rings is 3. The van der Waals surface area contributed by atoms with Crippen LogP contribution in [-0.4, -0.2) is 50.7 Å². The first-order valence-corrected chi connectivity index (χ1v) is 11.5. The summed E-state index contributed by atoms with van der Waals surface area (Å²) in [6.07, 6.45) is 0. The second kappa shape index (κ2) is 13.4. The van der Waals surface area contributed by atoms with Gasteiger partial charge < -0.3 is 24.4 Å². The van der Waals surface area contributed by atoms with Crippen molar-refractivity contribution in [2.45, 2.75) is 12.6 Å². The summed E-state index contributed by atoms with van der Waals surface area (Å²) in [6, 6.07) is 22.6. The number of carbonyl (C=O) groups excluding carboxylic acids is 2. The molecule has 8 heteroatoms. The van der Waals surface area contributed by atoms with Gasteiger partial charge in [-0.2, -0.15) is 0 Å². The molecule has 0 heterocycles. The lowest BCUT2D eigenvalue weighted by molar-refractivity contribution is -0.143. The Labute approximate surface area is 210 Å². The van der Waals surface area contributed by atoms with Crippen molar-refractivity contribution in [1.29, 1.82) is 0 Å². The van der Waals surface area contributed by atoms with Crippen LogP contribution in [0, 0.1) is 0 Å². The molecular weight excluding hydrogens is 468 g/mol. The van der Waals surface area contributed by atoms with Crippen LogP contribution in [0.3, 0.4) is 0 Å². The number of carbonyl (C=O) groups is 2. The first-order valence-electron chi connectivity index (χ1n) is 11.1. The number of hydrogen-bond acceptors (Lipinski definition) is 5. The van der Waals surface area contributed by atoms with Gasteiger partial charge in [0.1, 0.15) is 17.5 Å². The summed E-state index contributed by atoms with van der Waals surface area (Å²) < 4.78 is 16.0. The van der Waals surface area contributed by atoms with Crippen LogP contribution in [-0.2, 0) is 20.9 Å². The summed E-state index contributed by atoms with van der Waals surface area (Å²) in [6.45, 7) is 0.579. The second-order valence-electron chi connectivity index (χ2n) is 7.69. The summed E-state index contributed by atoms with van der Waals surface area (Å²) in [4.78, 5) is 28.4. The Balaban J connectivity index is 1.92. The summed E-state index contributed by atoms with van der Waals surface area (Å²) >= 11 is 6.19. The zero-order valence-electron chi connectivity index (χ0n) is 19.8. The molecule has 2 amide bonds. The van der Waals surface area contributed by atoms with E-state index in [0.29, 0.717) is 35.2 Å². The van der Waals surface area contributed by atoms with Crippen LogP contribution in [0.2, 0.25) is 5.02 Å². The number of hydrogen-bond donors (Lipinski definition) is 1. The van der Waals surface area contributed by atoms with E-state index in [9.17, 15) is 9.59 Å². The number of amides is 2. The fourth-order valence-corrected chi connectivity index (χ4v) is 3.71. The van der Waals surface area contributed by atoms with Gasteiger partial charge in [-0.25, -0.2) is 0 Å². The monoisotopic (exact) mass is 496 g/mol. The van der Waals surface area contributed by atoms with Crippen LogP contribution >= 0.6 is 11.6 Å². The Bertz CT molecular complexity index is 1090. The molecule has 0 radical (unpaired) electrons. The van der Waals surface area contributed by atoms with E-state index in [2.05, 4.69) is 5.32 Å². The molecule has 0 aromatic heterocycles. The maximum atomic E-state index is 13.5. The highest BCUT2D eigenvalue weighted by molar-refractivity contribution is 6.32. The molecule has 7 nitrogen and oxygen atoms in total. The van der Waals surface area contributed by atoms with Gasteiger partial charge in [0.15, 0.2) is 6.61 Å². The lowest BCUT2D eigenvalue weighted by Crippen LogP contribution is -2.45. The molecule has 1 N–H and O–H groups in total. The Morgan fingerprint density at radius 1 is 0.943 bits per heavy atom. The van der Waals surface area contributed by atoms with Crippen LogP contribution in [0.15, 0.2) is 78.9 Å². The number of ether oxygens (including phenoxy) is 3. The van der Waals surface area contributed by atoms with Crippen molar-refractivity contribution in [3.63, 3.8) is 0 Å². The summed E-state index contributed by atoms with van der Waals surface area (Å²) in [5, 5.41) is 3.27. The average Bonchev–Trinajstić information content (AvgIpc) is 2.89. The molecule has 3 rings (SSSR count). The van der Waals surface area contributed by atoms with Gasteiger partial charge in [0.2, 0.25) is 5.91 Å². The number of halogens is 1. The lowest BCUT2D eigenvalue weighted by Gasteiger charge is -2.31. The van der Waals surface area contributed by atoms with Crippen molar-refractivity contribution in [3.05, 3.63) is 95.0 Å². The van der Waals surface area contributed by atoms with Gasteiger partial charge in [-0.1, -0.05) is 66.2 Å². The zero-order valence-corrected chi connectivity index (χ0v) is 20.5. The molecule has 0 saturated heterocycles. The van der Waals surface area contributed by atoms with Gasteiger partial charge in [-0.05, 0) is 35.4 Å². The summed E-state index contributed by atoms with van der Waals surface area (Å²) in [5.41, 5.74) is 1.52. The highest BCUT2D eigenvalue weighted by atomic mass is 35.5.